The maximum atomic E-state index is 12.2. The molecule has 0 bridgehead atoms. The predicted octanol–water partition coefficient (Wildman–Crippen LogP) is 5.72. The molecule has 2 aromatic carbocycles. The molecular formula is C22H21ClO3. The van der Waals surface area contributed by atoms with Crippen LogP contribution in [0.15, 0.2) is 54.6 Å². The minimum atomic E-state index is -0.133. The smallest absolute Gasteiger partial charge is 0.314 e. The highest BCUT2D eigenvalue weighted by atomic mass is 35.5. The number of benzene rings is 2. The van der Waals surface area contributed by atoms with Crippen molar-refractivity contribution in [2.45, 2.75) is 32.1 Å². The molecule has 1 fully saturated rings. The van der Waals surface area contributed by atoms with Gasteiger partial charge in [0, 0.05) is 10.6 Å². The van der Waals surface area contributed by atoms with Gasteiger partial charge in [-0.1, -0.05) is 49.1 Å². The van der Waals surface area contributed by atoms with Crippen LogP contribution in [0, 0.1) is 5.92 Å². The minimum Gasteiger partial charge on any atom is -0.426 e. The molecule has 0 saturated heterocycles. The average Bonchev–Trinajstić information content (AvgIpc) is 2.68. The summed E-state index contributed by atoms with van der Waals surface area (Å²) in [5.74, 6) is 0.349. The molecule has 0 aromatic heterocycles. The van der Waals surface area contributed by atoms with Crippen LogP contribution in [-0.2, 0) is 4.79 Å². The van der Waals surface area contributed by atoms with E-state index in [2.05, 4.69) is 0 Å². The Hall–Kier alpha value is -2.39. The number of allylic oxidation sites excluding steroid dienone is 1. The summed E-state index contributed by atoms with van der Waals surface area (Å²) in [5.41, 5.74) is 1.45. The van der Waals surface area contributed by atoms with Gasteiger partial charge in [0.2, 0.25) is 0 Å². The molecule has 4 heteroatoms. The lowest BCUT2D eigenvalue weighted by atomic mass is 9.89. The Bertz CT molecular complexity index is 785. The van der Waals surface area contributed by atoms with E-state index in [0.717, 1.165) is 31.2 Å². The van der Waals surface area contributed by atoms with Crippen molar-refractivity contribution < 1.29 is 14.3 Å². The third-order valence-corrected chi connectivity index (χ3v) is 4.84. The summed E-state index contributed by atoms with van der Waals surface area (Å²) in [7, 11) is 0. The van der Waals surface area contributed by atoms with Crippen LogP contribution in [0.1, 0.15) is 48.0 Å². The summed E-state index contributed by atoms with van der Waals surface area (Å²) >= 11 is 5.82. The highest BCUT2D eigenvalue weighted by Crippen LogP contribution is 2.25. The Labute approximate surface area is 158 Å². The van der Waals surface area contributed by atoms with Gasteiger partial charge in [0.25, 0.3) is 0 Å². The first-order chi connectivity index (χ1) is 12.6. The lowest BCUT2D eigenvalue weighted by Crippen LogP contribution is -2.22. The van der Waals surface area contributed by atoms with E-state index in [4.69, 9.17) is 16.3 Å². The zero-order valence-electron chi connectivity index (χ0n) is 14.5. The second-order valence-electron chi connectivity index (χ2n) is 6.53. The molecule has 1 aliphatic carbocycles. The van der Waals surface area contributed by atoms with Crippen molar-refractivity contribution in [2.75, 3.05) is 0 Å². The highest BCUT2D eigenvalue weighted by molar-refractivity contribution is 6.30. The lowest BCUT2D eigenvalue weighted by molar-refractivity contribution is -0.139. The van der Waals surface area contributed by atoms with Crippen molar-refractivity contribution in [2.24, 2.45) is 5.92 Å². The third kappa shape index (κ3) is 5.06. The van der Waals surface area contributed by atoms with Gasteiger partial charge < -0.3 is 4.74 Å². The van der Waals surface area contributed by atoms with E-state index in [0.29, 0.717) is 16.3 Å². The van der Waals surface area contributed by atoms with Crippen molar-refractivity contribution in [1.29, 1.82) is 0 Å². The van der Waals surface area contributed by atoms with Gasteiger partial charge in [-0.3, -0.25) is 9.59 Å². The molecule has 3 rings (SSSR count). The minimum absolute atomic E-state index is 0.0281. The standard InChI is InChI=1S/C22H21ClO3/c23-19-11-9-17(10-12-19)21(24)15-8-16-6-13-20(14-7-16)26-22(25)18-4-2-1-3-5-18/h6-15,18H,1-5H2. The normalized spacial score (nSPS) is 15.1. The molecule has 0 N–H and O–H groups in total. The van der Waals surface area contributed by atoms with Crippen molar-refractivity contribution in [3.05, 3.63) is 70.8 Å². The predicted molar refractivity (Wildman–Crippen MR) is 103 cm³/mol. The van der Waals surface area contributed by atoms with Crippen LogP contribution in [0.2, 0.25) is 5.02 Å². The molecule has 26 heavy (non-hydrogen) atoms. The van der Waals surface area contributed by atoms with Crippen LogP contribution in [0.3, 0.4) is 0 Å². The Morgan fingerprint density at radius 3 is 2.23 bits per heavy atom. The molecule has 1 saturated carbocycles. The maximum Gasteiger partial charge on any atom is 0.314 e. The summed E-state index contributed by atoms with van der Waals surface area (Å²) in [4.78, 5) is 24.3. The highest BCUT2D eigenvalue weighted by Gasteiger charge is 2.22. The van der Waals surface area contributed by atoms with Gasteiger partial charge in [-0.2, -0.15) is 0 Å². The summed E-state index contributed by atoms with van der Waals surface area (Å²) in [6, 6.07) is 14.0. The Balaban J connectivity index is 1.57. The van der Waals surface area contributed by atoms with Crippen LogP contribution >= 0.6 is 11.6 Å². The van der Waals surface area contributed by atoms with Crippen molar-refractivity contribution in [3.63, 3.8) is 0 Å². The molecule has 0 radical (unpaired) electrons. The van der Waals surface area contributed by atoms with E-state index in [1.54, 1.807) is 42.5 Å². The summed E-state index contributed by atoms with van der Waals surface area (Å²) in [6.07, 6.45) is 8.52. The fourth-order valence-corrected chi connectivity index (χ4v) is 3.19. The van der Waals surface area contributed by atoms with E-state index >= 15 is 0 Å². The van der Waals surface area contributed by atoms with Crippen molar-refractivity contribution in [3.8, 4) is 5.75 Å². The Morgan fingerprint density at radius 2 is 1.58 bits per heavy atom. The van der Waals surface area contributed by atoms with Gasteiger partial charge in [-0.25, -0.2) is 0 Å². The number of carbonyl (C=O) groups excluding carboxylic acids is 2. The third-order valence-electron chi connectivity index (χ3n) is 4.59. The molecule has 3 nitrogen and oxygen atoms in total. The largest absolute Gasteiger partial charge is 0.426 e. The van der Waals surface area contributed by atoms with E-state index in [-0.39, 0.29) is 17.7 Å². The fraction of sp³-hybridized carbons (Fsp3) is 0.273. The molecule has 0 amide bonds. The molecule has 0 aliphatic heterocycles. The van der Waals surface area contributed by atoms with Crippen LogP contribution in [0.25, 0.3) is 6.08 Å². The van der Waals surface area contributed by atoms with Crippen LogP contribution < -0.4 is 4.74 Å². The first-order valence-electron chi connectivity index (χ1n) is 8.91. The molecule has 0 spiro atoms. The lowest BCUT2D eigenvalue weighted by Gasteiger charge is -2.19. The van der Waals surface area contributed by atoms with E-state index in [1.807, 2.05) is 12.1 Å². The van der Waals surface area contributed by atoms with Gasteiger partial charge in [-0.15, -0.1) is 0 Å². The fourth-order valence-electron chi connectivity index (χ4n) is 3.07. The number of halogens is 1. The molecule has 1 aliphatic rings. The summed E-state index contributed by atoms with van der Waals surface area (Å²) in [6.45, 7) is 0. The zero-order chi connectivity index (χ0) is 18.4. The average molecular weight is 369 g/mol. The molecular weight excluding hydrogens is 348 g/mol. The topological polar surface area (TPSA) is 43.4 Å². The monoisotopic (exact) mass is 368 g/mol. The molecule has 134 valence electrons. The van der Waals surface area contributed by atoms with Gasteiger partial charge in [0.15, 0.2) is 5.78 Å². The Kier molecular flexibility index (Phi) is 6.24. The Morgan fingerprint density at radius 1 is 0.923 bits per heavy atom. The van der Waals surface area contributed by atoms with Crippen molar-refractivity contribution in [1.82, 2.24) is 0 Å². The first kappa shape index (κ1) is 18.4. The van der Waals surface area contributed by atoms with E-state index in [1.165, 1.54) is 12.5 Å². The zero-order valence-corrected chi connectivity index (χ0v) is 15.2. The van der Waals surface area contributed by atoms with Gasteiger partial charge in [0.05, 0.1) is 5.92 Å². The van der Waals surface area contributed by atoms with Crippen LogP contribution in [0.4, 0.5) is 0 Å². The van der Waals surface area contributed by atoms with Gasteiger partial charge in [-0.05, 0) is 60.9 Å². The quantitative estimate of drug-likeness (QED) is 0.293. The van der Waals surface area contributed by atoms with Crippen LogP contribution in [0.5, 0.6) is 5.75 Å². The van der Waals surface area contributed by atoms with Crippen molar-refractivity contribution >= 4 is 29.4 Å². The summed E-state index contributed by atoms with van der Waals surface area (Å²) in [5, 5.41) is 0.601. The number of rotatable bonds is 5. The number of hydrogen-bond acceptors (Lipinski definition) is 3. The van der Waals surface area contributed by atoms with E-state index in [9.17, 15) is 9.59 Å². The summed E-state index contributed by atoms with van der Waals surface area (Å²) < 4.78 is 5.47. The number of esters is 1. The molecule has 2 aromatic rings. The molecule has 0 atom stereocenters. The first-order valence-corrected chi connectivity index (χ1v) is 9.29. The molecule has 0 unspecified atom stereocenters. The number of ketones is 1. The van der Waals surface area contributed by atoms with E-state index < -0.39 is 0 Å². The number of carbonyl (C=O) groups is 2. The van der Waals surface area contributed by atoms with Crippen LogP contribution in [-0.4, -0.2) is 11.8 Å². The number of ether oxygens (including phenoxy) is 1. The second-order valence-corrected chi connectivity index (χ2v) is 6.97. The molecule has 0 heterocycles. The second kappa shape index (κ2) is 8.81. The number of hydrogen-bond donors (Lipinski definition) is 0. The maximum absolute atomic E-state index is 12.2. The van der Waals surface area contributed by atoms with Gasteiger partial charge in [0.1, 0.15) is 5.75 Å². The van der Waals surface area contributed by atoms with Gasteiger partial charge >= 0.3 is 5.97 Å². The SMILES string of the molecule is O=C(C=Cc1ccc(OC(=O)C2CCCCC2)cc1)c1ccc(Cl)cc1.